The third-order valence-electron chi connectivity index (χ3n) is 1.62. The molecule has 0 unspecified atom stereocenters. The fourth-order valence-electron chi connectivity index (χ4n) is 0.971. The summed E-state index contributed by atoms with van der Waals surface area (Å²) in [4.78, 5) is 0. The lowest BCUT2D eigenvalue weighted by atomic mass is 10.1. The van der Waals surface area contributed by atoms with Gasteiger partial charge >= 0.3 is 0 Å². The zero-order chi connectivity index (χ0) is 8.36. The van der Waals surface area contributed by atoms with Gasteiger partial charge < -0.3 is 0 Å². The van der Waals surface area contributed by atoms with Gasteiger partial charge in [-0.15, -0.1) is 11.8 Å². The first kappa shape index (κ1) is 10.5. The smallest absolute Gasteiger partial charge is 0.0822 e. The van der Waals surface area contributed by atoms with Crippen LogP contribution in [0, 0.1) is 11.8 Å². The van der Waals surface area contributed by atoms with Crippen molar-refractivity contribution in [2.24, 2.45) is 0 Å². The highest BCUT2D eigenvalue weighted by atomic mass is 16.2. The second-order valence-electron chi connectivity index (χ2n) is 2.65. The van der Waals surface area contributed by atoms with E-state index >= 15 is 0 Å². The number of hydrogen-bond acceptors (Lipinski definition) is 0. The van der Waals surface area contributed by atoms with Gasteiger partial charge in [-0.05, 0) is 19.8 Å². The first-order valence-corrected chi connectivity index (χ1v) is 4.39. The lowest BCUT2D eigenvalue weighted by Crippen LogP contribution is -1.81. The minimum atomic E-state index is 0.0920. The molecule has 1 radical (unpaired) electrons. The topological polar surface area (TPSA) is 19.9 Å². The zero-order valence-corrected chi connectivity index (χ0v) is 7.36. The number of unbranched alkanes of at least 4 members (excludes halogenated alkanes) is 5. The molecule has 0 fully saturated rings. The van der Waals surface area contributed by atoms with Crippen molar-refractivity contribution >= 4 is 0 Å². The van der Waals surface area contributed by atoms with E-state index in [0.29, 0.717) is 0 Å². The van der Waals surface area contributed by atoms with Crippen molar-refractivity contribution in [3.63, 3.8) is 0 Å². The average Bonchev–Trinajstić information content (AvgIpc) is 2.03. The summed E-state index contributed by atoms with van der Waals surface area (Å²) in [5.41, 5.74) is 0. The largest absolute Gasteiger partial charge is 0.237 e. The molecular formula is C10H17O. The van der Waals surface area contributed by atoms with E-state index in [1.807, 2.05) is 6.92 Å². The molecule has 0 saturated heterocycles. The Balaban J connectivity index is 2.83. The van der Waals surface area contributed by atoms with Crippen LogP contribution in [0.25, 0.3) is 0 Å². The Labute approximate surface area is 69.8 Å². The summed E-state index contributed by atoms with van der Waals surface area (Å²) in [7, 11) is 0. The quantitative estimate of drug-likeness (QED) is 0.413. The van der Waals surface area contributed by atoms with Gasteiger partial charge in [-0.25, -0.2) is 5.11 Å². The van der Waals surface area contributed by atoms with Crippen molar-refractivity contribution in [1.29, 1.82) is 0 Å². The summed E-state index contributed by atoms with van der Waals surface area (Å²) in [5.74, 6) is 5.90. The molecule has 0 N–H and O–H groups in total. The van der Waals surface area contributed by atoms with Gasteiger partial charge in [-0.2, -0.15) is 0 Å². The molecule has 0 rings (SSSR count). The fourth-order valence-corrected chi connectivity index (χ4v) is 0.971. The maximum absolute atomic E-state index is 10.0. The van der Waals surface area contributed by atoms with E-state index in [9.17, 15) is 5.11 Å². The Hall–Kier alpha value is -0.480. The minimum Gasteiger partial charge on any atom is -0.237 e. The highest BCUT2D eigenvalue weighted by Gasteiger charge is 1.88. The SMILES string of the molecule is CC#CCCCCCCC[O]. The molecule has 11 heavy (non-hydrogen) atoms. The van der Waals surface area contributed by atoms with Crippen molar-refractivity contribution in [2.75, 3.05) is 6.61 Å². The van der Waals surface area contributed by atoms with E-state index in [4.69, 9.17) is 0 Å². The van der Waals surface area contributed by atoms with Crippen LogP contribution in [0.15, 0.2) is 0 Å². The average molecular weight is 153 g/mol. The third kappa shape index (κ3) is 9.52. The summed E-state index contributed by atoms with van der Waals surface area (Å²) in [6, 6.07) is 0. The van der Waals surface area contributed by atoms with Crippen LogP contribution in [-0.2, 0) is 5.11 Å². The molecular weight excluding hydrogens is 136 g/mol. The molecule has 0 aromatic heterocycles. The van der Waals surface area contributed by atoms with Crippen molar-refractivity contribution < 1.29 is 5.11 Å². The van der Waals surface area contributed by atoms with E-state index in [2.05, 4.69) is 11.8 Å². The van der Waals surface area contributed by atoms with Gasteiger partial charge in [-0.3, -0.25) is 0 Å². The van der Waals surface area contributed by atoms with Gasteiger partial charge in [0.1, 0.15) is 0 Å². The van der Waals surface area contributed by atoms with Crippen molar-refractivity contribution in [1.82, 2.24) is 0 Å². The molecule has 0 aliphatic heterocycles. The Kier molecular flexibility index (Phi) is 9.10. The molecule has 0 aromatic rings. The van der Waals surface area contributed by atoms with Crippen molar-refractivity contribution in [2.45, 2.75) is 45.4 Å². The standard InChI is InChI=1S/C10H17O/c1-2-3-4-5-6-7-8-9-10-11/h4-10H2,1H3. The molecule has 0 bridgehead atoms. The minimum absolute atomic E-state index is 0.0920. The Morgan fingerprint density at radius 3 is 2.27 bits per heavy atom. The van der Waals surface area contributed by atoms with E-state index in [1.165, 1.54) is 19.3 Å². The highest BCUT2D eigenvalue weighted by molar-refractivity contribution is 4.94. The molecule has 1 heteroatoms. The second kappa shape index (κ2) is 9.52. The first-order valence-electron chi connectivity index (χ1n) is 4.39. The molecule has 0 atom stereocenters. The van der Waals surface area contributed by atoms with Gasteiger partial charge in [-0.1, -0.05) is 19.3 Å². The molecule has 0 saturated carbocycles. The predicted octanol–water partition coefficient (Wildman–Crippen LogP) is 2.78. The lowest BCUT2D eigenvalue weighted by Gasteiger charge is -1.95. The van der Waals surface area contributed by atoms with Crippen LogP contribution in [0.3, 0.4) is 0 Å². The summed E-state index contributed by atoms with van der Waals surface area (Å²) < 4.78 is 0. The molecule has 0 aromatic carbocycles. The lowest BCUT2D eigenvalue weighted by molar-refractivity contribution is 0.186. The normalized spacial score (nSPS) is 8.91. The van der Waals surface area contributed by atoms with Crippen LogP contribution in [0.2, 0.25) is 0 Å². The van der Waals surface area contributed by atoms with Crippen LogP contribution in [0.5, 0.6) is 0 Å². The van der Waals surface area contributed by atoms with E-state index in [0.717, 1.165) is 19.3 Å². The maximum Gasteiger partial charge on any atom is 0.0822 e. The third-order valence-corrected chi connectivity index (χ3v) is 1.62. The molecule has 1 nitrogen and oxygen atoms in total. The van der Waals surface area contributed by atoms with Gasteiger partial charge in [0.15, 0.2) is 0 Å². The molecule has 0 aliphatic carbocycles. The molecule has 63 valence electrons. The van der Waals surface area contributed by atoms with Crippen LogP contribution >= 0.6 is 0 Å². The predicted molar refractivity (Wildman–Crippen MR) is 46.7 cm³/mol. The Bertz CT molecular complexity index is 119. The summed E-state index contributed by atoms with van der Waals surface area (Å²) in [6.45, 7) is 1.96. The van der Waals surface area contributed by atoms with Gasteiger partial charge in [0.2, 0.25) is 0 Å². The first-order chi connectivity index (χ1) is 5.41. The summed E-state index contributed by atoms with van der Waals surface area (Å²) >= 11 is 0. The molecule has 0 heterocycles. The second-order valence-corrected chi connectivity index (χ2v) is 2.65. The fraction of sp³-hybridized carbons (Fsp3) is 0.800. The van der Waals surface area contributed by atoms with Crippen LogP contribution in [0.4, 0.5) is 0 Å². The Morgan fingerprint density at radius 2 is 1.64 bits per heavy atom. The zero-order valence-electron chi connectivity index (χ0n) is 7.36. The van der Waals surface area contributed by atoms with Gasteiger partial charge in [0.25, 0.3) is 0 Å². The number of hydrogen-bond donors (Lipinski definition) is 0. The van der Waals surface area contributed by atoms with Crippen molar-refractivity contribution in [3.8, 4) is 11.8 Å². The van der Waals surface area contributed by atoms with Crippen LogP contribution in [-0.4, -0.2) is 6.61 Å². The number of rotatable bonds is 6. The summed E-state index contributed by atoms with van der Waals surface area (Å²) in [6.07, 6.45) is 6.60. The van der Waals surface area contributed by atoms with Crippen molar-refractivity contribution in [3.05, 3.63) is 0 Å². The molecule has 0 spiro atoms. The van der Waals surface area contributed by atoms with Crippen LogP contribution < -0.4 is 0 Å². The van der Waals surface area contributed by atoms with E-state index in [1.54, 1.807) is 0 Å². The summed E-state index contributed by atoms with van der Waals surface area (Å²) in [5, 5.41) is 10.0. The van der Waals surface area contributed by atoms with Crippen LogP contribution in [0.1, 0.15) is 45.4 Å². The Morgan fingerprint density at radius 1 is 1.00 bits per heavy atom. The van der Waals surface area contributed by atoms with E-state index < -0.39 is 0 Å². The highest BCUT2D eigenvalue weighted by Crippen LogP contribution is 2.03. The molecule has 0 amide bonds. The molecule has 0 aliphatic rings. The van der Waals surface area contributed by atoms with Gasteiger partial charge in [0, 0.05) is 6.42 Å². The van der Waals surface area contributed by atoms with Gasteiger partial charge in [0.05, 0.1) is 6.61 Å². The van der Waals surface area contributed by atoms with E-state index in [-0.39, 0.29) is 6.61 Å². The monoisotopic (exact) mass is 153 g/mol. The maximum atomic E-state index is 10.0.